The molecule has 1 saturated heterocycles. The molecule has 1 aliphatic heterocycles. The molecule has 4 nitrogen and oxygen atoms in total. The molecule has 0 amide bonds. The summed E-state index contributed by atoms with van der Waals surface area (Å²) in [4.78, 5) is 22.1. The van der Waals surface area contributed by atoms with Gasteiger partial charge in [0.25, 0.3) is 5.56 Å². The van der Waals surface area contributed by atoms with Gasteiger partial charge in [0, 0.05) is 23.2 Å². The van der Waals surface area contributed by atoms with Crippen LogP contribution < -0.4 is 5.56 Å². The average molecular weight is 317 g/mol. The molecule has 0 radical (unpaired) electrons. The lowest BCUT2D eigenvalue weighted by atomic mass is 10.0. The fraction of sp³-hybridized carbons (Fsp3) is 0.647. The van der Waals surface area contributed by atoms with Crippen LogP contribution in [0.4, 0.5) is 0 Å². The average Bonchev–Trinajstić information content (AvgIpc) is 2.69. The monoisotopic (exact) mass is 317 g/mol. The second-order valence-corrected chi connectivity index (χ2v) is 7.64. The predicted octanol–water partition coefficient (Wildman–Crippen LogP) is 3.01. The van der Waals surface area contributed by atoms with Crippen molar-refractivity contribution in [1.82, 2.24) is 14.3 Å². The lowest BCUT2D eigenvalue weighted by Crippen LogP contribution is -2.26. The van der Waals surface area contributed by atoms with Crippen LogP contribution >= 0.6 is 11.3 Å². The minimum atomic E-state index is 0.120. The number of fused-ring (bicyclic) bond motifs is 3. The van der Waals surface area contributed by atoms with Crippen LogP contribution in [0.15, 0.2) is 10.9 Å². The maximum absolute atomic E-state index is 12.6. The van der Waals surface area contributed by atoms with Gasteiger partial charge in [0.15, 0.2) is 4.96 Å². The standard InChI is InChI=1S/C17H23N3OS/c21-16-11-13(12-19-9-5-1-2-6-10-19)18-17-20(16)14-7-3-4-8-15(14)22-17/h11H,1-10,12H2. The summed E-state index contributed by atoms with van der Waals surface area (Å²) in [5.74, 6) is 0. The van der Waals surface area contributed by atoms with Gasteiger partial charge in [-0.15, -0.1) is 11.3 Å². The SMILES string of the molecule is O=c1cc(CN2CCCCCC2)nc2sc3c(n12)CCCC3. The quantitative estimate of drug-likeness (QED) is 0.854. The normalized spacial score (nSPS) is 20.0. The molecule has 2 aliphatic rings. The maximum atomic E-state index is 12.6. The van der Waals surface area contributed by atoms with E-state index in [9.17, 15) is 4.79 Å². The molecule has 0 aromatic carbocycles. The van der Waals surface area contributed by atoms with E-state index in [-0.39, 0.29) is 5.56 Å². The Labute approximate surface area is 134 Å². The summed E-state index contributed by atoms with van der Waals surface area (Å²) in [7, 11) is 0. The van der Waals surface area contributed by atoms with Gasteiger partial charge in [0.1, 0.15) is 0 Å². The first-order chi connectivity index (χ1) is 10.8. The highest BCUT2D eigenvalue weighted by atomic mass is 32.1. The molecule has 1 aliphatic carbocycles. The van der Waals surface area contributed by atoms with Crippen LogP contribution in [-0.4, -0.2) is 27.4 Å². The molecule has 0 saturated carbocycles. The topological polar surface area (TPSA) is 37.6 Å². The van der Waals surface area contributed by atoms with Gasteiger partial charge in [-0.25, -0.2) is 4.98 Å². The van der Waals surface area contributed by atoms with E-state index >= 15 is 0 Å². The minimum Gasteiger partial charge on any atom is -0.298 e. The van der Waals surface area contributed by atoms with E-state index in [4.69, 9.17) is 4.98 Å². The van der Waals surface area contributed by atoms with Crippen molar-refractivity contribution in [3.05, 3.63) is 32.7 Å². The van der Waals surface area contributed by atoms with Gasteiger partial charge >= 0.3 is 0 Å². The highest BCUT2D eigenvalue weighted by Crippen LogP contribution is 2.28. The Morgan fingerprint density at radius 2 is 1.82 bits per heavy atom. The Hall–Kier alpha value is -1.20. The molecular formula is C17H23N3OS. The molecule has 2 aromatic heterocycles. The zero-order valence-corrected chi connectivity index (χ0v) is 13.8. The molecule has 5 heteroatoms. The van der Waals surface area contributed by atoms with E-state index in [1.54, 1.807) is 17.4 Å². The maximum Gasteiger partial charge on any atom is 0.259 e. The van der Waals surface area contributed by atoms with Crippen molar-refractivity contribution in [2.24, 2.45) is 0 Å². The minimum absolute atomic E-state index is 0.120. The van der Waals surface area contributed by atoms with Crippen molar-refractivity contribution in [2.75, 3.05) is 13.1 Å². The van der Waals surface area contributed by atoms with Gasteiger partial charge in [0.05, 0.1) is 5.69 Å². The summed E-state index contributed by atoms with van der Waals surface area (Å²) < 4.78 is 1.87. The third-order valence-corrected chi connectivity index (χ3v) is 6.04. The lowest BCUT2D eigenvalue weighted by Gasteiger charge is -2.18. The summed E-state index contributed by atoms with van der Waals surface area (Å²) in [6, 6.07) is 1.76. The van der Waals surface area contributed by atoms with Crippen LogP contribution in [0, 0.1) is 0 Å². The number of nitrogens with zero attached hydrogens (tertiary/aromatic N) is 3. The van der Waals surface area contributed by atoms with Gasteiger partial charge in [-0.2, -0.15) is 0 Å². The molecule has 0 unspecified atom stereocenters. The Bertz CT molecular complexity index is 725. The fourth-order valence-electron chi connectivity index (χ4n) is 3.75. The van der Waals surface area contributed by atoms with Crippen LogP contribution in [0.5, 0.6) is 0 Å². The highest BCUT2D eigenvalue weighted by molar-refractivity contribution is 7.17. The van der Waals surface area contributed by atoms with Crippen molar-refractivity contribution < 1.29 is 0 Å². The number of aromatic nitrogens is 2. The van der Waals surface area contributed by atoms with Crippen LogP contribution in [0.1, 0.15) is 54.8 Å². The van der Waals surface area contributed by atoms with Crippen LogP contribution in [0.2, 0.25) is 0 Å². The Morgan fingerprint density at radius 3 is 2.64 bits per heavy atom. The van der Waals surface area contributed by atoms with Crippen molar-refractivity contribution in [3.63, 3.8) is 0 Å². The van der Waals surface area contributed by atoms with E-state index < -0.39 is 0 Å². The van der Waals surface area contributed by atoms with Gasteiger partial charge in [-0.1, -0.05) is 12.8 Å². The molecule has 0 bridgehead atoms. The van der Waals surface area contributed by atoms with Crippen LogP contribution in [-0.2, 0) is 19.4 Å². The number of thiazole rings is 1. The van der Waals surface area contributed by atoms with Gasteiger partial charge in [-0.3, -0.25) is 14.1 Å². The molecule has 4 rings (SSSR count). The van der Waals surface area contributed by atoms with Crippen molar-refractivity contribution in [3.8, 4) is 0 Å². The fourth-order valence-corrected chi connectivity index (χ4v) is 4.98. The molecule has 1 fully saturated rings. The summed E-state index contributed by atoms with van der Waals surface area (Å²) in [5.41, 5.74) is 2.30. The highest BCUT2D eigenvalue weighted by Gasteiger charge is 2.19. The van der Waals surface area contributed by atoms with Gasteiger partial charge < -0.3 is 0 Å². The Morgan fingerprint density at radius 1 is 1.05 bits per heavy atom. The summed E-state index contributed by atoms with van der Waals surface area (Å²) >= 11 is 1.73. The second kappa shape index (κ2) is 6.13. The number of hydrogen-bond donors (Lipinski definition) is 0. The zero-order valence-electron chi connectivity index (χ0n) is 13.0. The van der Waals surface area contributed by atoms with Gasteiger partial charge in [-0.05, 0) is 51.6 Å². The van der Waals surface area contributed by atoms with Gasteiger partial charge in [0.2, 0.25) is 0 Å². The first-order valence-corrected chi connectivity index (χ1v) is 9.38. The third-order valence-electron chi connectivity index (χ3n) is 4.90. The third kappa shape index (κ3) is 2.72. The lowest BCUT2D eigenvalue weighted by molar-refractivity contribution is 0.274. The molecule has 2 aromatic rings. The number of hydrogen-bond acceptors (Lipinski definition) is 4. The van der Waals surface area contributed by atoms with Crippen LogP contribution in [0.25, 0.3) is 4.96 Å². The van der Waals surface area contributed by atoms with E-state index in [2.05, 4.69) is 4.90 Å². The second-order valence-electron chi connectivity index (χ2n) is 6.57. The molecule has 118 valence electrons. The Balaban J connectivity index is 1.66. The molecule has 22 heavy (non-hydrogen) atoms. The summed E-state index contributed by atoms with van der Waals surface area (Å²) in [6.07, 6.45) is 9.80. The summed E-state index contributed by atoms with van der Waals surface area (Å²) in [5, 5.41) is 0. The first kappa shape index (κ1) is 14.4. The van der Waals surface area contributed by atoms with Crippen molar-refractivity contribution in [2.45, 2.75) is 57.9 Å². The molecule has 0 spiro atoms. The van der Waals surface area contributed by atoms with Crippen LogP contribution in [0.3, 0.4) is 0 Å². The largest absolute Gasteiger partial charge is 0.298 e. The van der Waals surface area contributed by atoms with E-state index in [1.165, 1.54) is 49.1 Å². The number of likely N-dealkylation sites (tertiary alicyclic amines) is 1. The van der Waals surface area contributed by atoms with E-state index in [0.29, 0.717) is 0 Å². The predicted molar refractivity (Wildman–Crippen MR) is 89.7 cm³/mol. The molecule has 0 atom stereocenters. The molecular weight excluding hydrogens is 294 g/mol. The van der Waals surface area contributed by atoms with Crippen molar-refractivity contribution >= 4 is 16.3 Å². The smallest absolute Gasteiger partial charge is 0.259 e. The number of rotatable bonds is 2. The zero-order chi connectivity index (χ0) is 14.9. The van der Waals surface area contributed by atoms with E-state index in [1.807, 2.05) is 4.40 Å². The van der Waals surface area contributed by atoms with Crippen molar-refractivity contribution in [1.29, 1.82) is 0 Å². The Kier molecular flexibility index (Phi) is 4.01. The summed E-state index contributed by atoms with van der Waals surface area (Å²) in [6.45, 7) is 3.11. The molecule has 3 heterocycles. The first-order valence-electron chi connectivity index (χ1n) is 8.57. The molecule has 0 N–H and O–H groups in total. The van der Waals surface area contributed by atoms with E-state index in [0.717, 1.165) is 43.1 Å². The number of aryl methyl sites for hydroxylation is 2.